The fourth-order valence-corrected chi connectivity index (χ4v) is 7.80. The van der Waals surface area contributed by atoms with Gasteiger partial charge in [-0.25, -0.2) is 0 Å². The molecule has 0 unspecified atom stereocenters. The molecule has 2 heteroatoms. The Morgan fingerprint density at radius 3 is 2.64 bits per heavy atom. The van der Waals surface area contributed by atoms with Gasteiger partial charge in [0, 0.05) is 5.41 Å². The van der Waals surface area contributed by atoms with E-state index in [9.17, 15) is 5.11 Å². The van der Waals surface area contributed by atoms with Crippen LogP contribution in [0.15, 0.2) is 11.6 Å². The molecule has 0 amide bonds. The molecule has 0 aromatic carbocycles. The SMILES string of the molecule is CCN(CC)CC#C[C@]1(O)CC[C@H]2[C@@H]3CCC4=CCCC[C@@H]4[C@H]3CC[C@@]21CC. The molecular weight excluding hydrogens is 342 g/mol. The van der Waals surface area contributed by atoms with E-state index in [1.165, 1.54) is 51.4 Å². The molecule has 4 aliphatic carbocycles. The van der Waals surface area contributed by atoms with Gasteiger partial charge in [0.2, 0.25) is 0 Å². The molecule has 4 aliphatic rings. The maximum absolute atomic E-state index is 11.8. The minimum atomic E-state index is -0.757. The molecule has 0 aromatic rings. The molecule has 0 aromatic heterocycles. The van der Waals surface area contributed by atoms with Crippen LogP contribution in [0.4, 0.5) is 0 Å². The molecule has 4 rings (SSSR count). The maximum atomic E-state index is 11.8. The monoisotopic (exact) mass is 383 g/mol. The lowest BCUT2D eigenvalue weighted by Gasteiger charge is -2.56. The standard InChI is InChI=1S/C26H41NO/c1-4-25-17-14-22-21-11-8-7-10-20(21)12-13-23(22)24(25)15-18-26(25,28)16-9-19-27(5-2)6-3/h10,21-24,28H,4-8,11-15,17-19H2,1-3H3/t21-,22+,23+,24-,25-,26-/m0/s1. The molecule has 1 N–H and O–H groups in total. The van der Waals surface area contributed by atoms with Crippen molar-refractivity contribution in [2.45, 2.75) is 90.6 Å². The number of fused-ring (bicyclic) bond motifs is 5. The lowest BCUT2D eigenvalue weighted by molar-refractivity contribution is -0.0995. The number of aliphatic hydroxyl groups is 1. The number of allylic oxidation sites excluding steroid dienone is 2. The van der Waals surface area contributed by atoms with Crippen LogP contribution >= 0.6 is 0 Å². The molecule has 3 fully saturated rings. The summed E-state index contributed by atoms with van der Waals surface area (Å²) in [7, 11) is 0. The van der Waals surface area contributed by atoms with E-state index in [4.69, 9.17) is 0 Å². The van der Waals surface area contributed by atoms with Gasteiger partial charge in [-0.05, 0) is 101 Å². The van der Waals surface area contributed by atoms with E-state index in [0.29, 0.717) is 5.92 Å². The van der Waals surface area contributed by atoms with Gasteiger partial charge < -0.3 is 5.11 Å². The second kappa shape index (κ2) is 8.16. The van der Waals surface area contributed by atoms with Crippen molar-refractivity contribution in [3.8, 4) is 11.8 Å². The number of hydrogen-bond acceptors (Lipinski definition) is 2. The molecule has 2 nitrogen and oxygen atoms in total. The summed E-state index contributed by atoms with van der Waals surface area (Å²) in [5.74, 6) is 10.1. The van der Waals surface area contributed by atoms with E-state index >= 15 is 0 Å². The third kappa shape index (κ3) is 3.18. The summed E-state index contributed by atoms with van der Waals surface area (Å²) in [6.45, 7) is 9.57. The molecule has 156 valence electrons. The Hall–Kier alpha value is -0.780. The molecular formula is C26H41NO. The Morgan fingerprint density at radius 1 is 1.07 bits per heavy atom. The van der Waals surface area contributed by atoms with Crippen LogP contribution < -0.4 is 0 Å². The van der Waals surface area contributed by atoms with Crippen LogP contribution in [-0.4, -0.2) is 35.2 Å². The summed E-state index contributed by atoms with van der Waals surface area (Å²) in [6, 6.07) is 0. The van der Waals surface area contributed by atoms with Crippen molar-refractivity contribution in [2.75, 3.05) is 19.6 Å². The quantitative estimate of drug-likeness (QED) is 0.518. The van der Waals surface area contributed by atoms with E-state index < -0.39 is 5.60 Å². The van der Waals surface area contributed by atoms with Gasteiger partial charge in [-0.15, -0.1) is 0 Å². The van der Waals surface area contributed by atoms with E-state index in [0.717, 1.165) is 50.2 Å². The summed E-state index contributed by atoms with van der Waals surface area (Å²) >= 11 is 0. The van der Waals surface area contributed by atoms with Gasteiger partial charge in [0.25, 0.3) is 0 Å². The van der Waals surface area contributed by atoms with E-state index in [-0.39, 0.29) is 5.41 Å². The van der Waals surface area contributed by atoms with Gasteiger partial charge in [-0.3, -0.25) is 4.90 Å². The smallest absolute Gasteiger partial charge is 0.131 e. The van der Waals surface area contributed by atoms with Gasteiger partial charge in [0.05, 0.1) is 6.54 Å². The molecule has 6 atom stereocenters. The third-order valence-electron chi connectivity index (χ3n) is 9.35. The largest absolute Gasteiger partial charge is 0.377 e. The van der Waals surface area contributed by atoms with Crippen LogP contribution in [0.25, 0.3) is 0 Å². The van der Waals surface area contributed by atoms with Gasteiger partial charge in [-0.2, -0.15) is 0 Å². The average molecular weight is 384 g/mol. The second-order valence-corrected chi connectivity index (χ2v) is 10.00. The molecule has 0 radical (unpaired) electrons. The van der Waals surface area contributed by atoms with Crippen LogP contribution in [0.3, 0.4) is 0 Å². The highest BCUT2D eigenvalue weighted by atomic mass is 16.3. The van der Waals surface area contributed by atoms with Gasteiger partial charge in [0.15, 0.2) is 0 Å². The van der Waals surface area contributed by atoms with Crippen molar-refractivity contribution >= 4 is 0 Å². The van der Waals surface area contributed by atoms with Crippen molar-refractivity contribution < 1.29 is 5.11 Å². The number of nitrogens with zero attached hydrogens (tertiary/aromatic N) is 1. The summed E-state index contributed by atoms with van der Waals surface area (Å²) in [5, 5.41) is 11.8. The van der Waals surface area contributed by atoms with Crippen LogP contribution in [0.2, 0.25) is 0 Å². The van der Waals surface area contributed by atoms with Gasteiger partial charge >= 0.3 is 0 Å². The summed E-state index contributed by atoms with van der Waals surface area (Å²) < 4.78 is 0. The van der Waals surface area contributed by atoms with Crippen LogP contribution in [0.5, 0.6) is 0 Å². The summed E-state index contributed by atoms with van der Waals surface area (Å²) in [5.41, 5.74) is 1.08. The van der Waals surface area contributed by atoms with Crippen LogP contribution in [-0.2, 0) is 0 Å². The fraction of sp³-hybridized carbons (Fsp3) is 0.846. The van der Waals surface area contributed by atoms with Gasteiger partial charge in [-0.1, -0.05) is 44.3 Å². The maximum Gasteiger partial charge on any atom is 0.131 e. The Bertz CT molecular complexity index is 653. The predicted octanol–water partition coefficient (Wildman–Crippen LogP) is 5.42. The van der Waals surface area contributed by atoms with Crippen molar-refractivity contribution in [2.24, 2.45) is 29.1 Å². The highest BCUT2D eigenvalue weighted by Gasteiger charge is 2.63. The highest BCUT2D eigenvalue weighted by Crippen LogP contribution is 2.66. The molecule has 28 heavy (non-hydrogen) atoms. The first kappa shape index (κ1) is 20.5. The molecule has 0 heterocycles. The lowest BCUT2D eigenvalue weighted by atomic mass is 9.49. The Morgan fingerprint density at radius 2 is 1.89 bits per heavy atom. The first-order valence-electron chi connectivity index (χ1n) is 12.2. The number of hydrogen-bond donors (Lipinski definition) is 1. The van der Waals surface area contributed by atoms with Crippen LogP contribution in [0, 0.1) is 40.9 Å². The summed E-state index contributed by atoms with van der Waals surface area (Å²) in [6.07, 6.45) is 15.1. The predicted molar refractivity (Wildman–Crippen MR) is 117 cm³/mol. The molecule has 0 spiro atoms. The first-order chi connectivity index (χ1) is 13.6. The Kier molecular flexibility index (Phi) is 5.97. The zero-order valence-corrected chi connectivity index (χ0v) is 18.5. The molecule has 0 aliphatic heterocycles. The van der Waals surface area contributed by atoms with Crippen LogP contribution in [0.1, 0.15) is 85.0 Å². The minimum Gasteiger partial charge on any atom is -0.377 e. The highest BCUT2D eigenvalue weighted by molar-refractivity contribution is 5.28. The molecule has 0 saturated heterocycles. The molecule has 3 saturated carbocycles. The zero-order chi connectivity index (χ0) is 19.8. The van der Waals surface area contributed by atoms with E-state index in [2.05, 4.69) is 43.6 Å². The van der Waals surface area contributed by atoms with Crippen molar-refractivity contribution in [3.05, 3.63) is 11.6 Å². The Balaban J connectivity index is 1.57. The first-order valence-corrected chi connectivity index (χ1v) is 12.2. The van der Waals surface area contributed by atoms with Crippen molar-refractivity contribution in [3.63, 3.8) is 0 Å². The topological polar surface area (TPSA) is 23.5 Å². The average Bonchev–Trinajstić information content (AvgIpc) is 3.04. The molecule has 0 bridgehead atoms. The Labute approximate surface area is 173 Å². The van der Waals surface area contributed by atoms with Crippen molar-refractivity contribution in [1.82, 2.24) is 4.90 Å². The van der Waals surface area contributed by atoms with E-state index in [1.807, 2.05) is 0 Å². The lowest BCUT2D eigenvalue weighted by Crippen LogP contribution is -2.53. The minimum absolute atomic E-state index is 0.0420. The van der Waals surface area contributed by atoms with Crippen molar-refractivity contribution in [1.29, 1.82) is 0 Å². The second-order valence-electron chi connectivity index (χ2n) is 10.00. The fourth-order valence-electron chi connectivity index (χ4n) is 7.80. The zero-order valence-electron chi connectivity index (χ0n) is 18.5. The third-order valence-corrected chi connectivity index (χ3v) is 9.35. The van der Waals surface area contributed by atoms with E-state index in [1.54, 1.807) is 5.57 Å². The summed E-state index contributed by atoms with van der Waals surface area (Å²) in [4.78, 5) is 2.34. The van der Waals surface area contributed by atoms with Gasteiger partial charge in [0.1, 0.15) is 5.60 Å². The number of rotatable bonds is 4. The normalized spacial score (nSPS) is 42.1.